The summed E-state index contributed by atoms with van der Waals surface area (Å²) in [5, 5.41) is 26.5. The Labute approximate surface area is 353 Å². The van der Waals surface area contributed by atoms with Gasteiger partial charge in [-0.1, -0.05) is 47.0 Å². The summed E-state index contributed by atoms with van der Waals surface area (Å²) < 4.78 is 12.2. The molecule has 0 aliphatic rings. The fraction of sp³-hybridized carbons (Fsp3) is 0.875. The maximum absolute atomic E-state index is 12.2. The van der Waals surface area contributed by atoms with Crippen LogP contribution in [0.25, 0.3) is 0 Å². The summed E-state index contributed by atoms with van der Waals surface area (Å²) in [6.45, 7) is 0. The summed E-state index contributed by atoms with van der Waals surface area (Å²) in [4.78, 5) is 35.8. The first-order valence-corrected chi connectivity index (χ1v) is 33.0. The van der Waals surface area contributed by atoms with Gasteiger partial charge in [-0.3, -0.25) is 14.4 Å². The molecule has 0 aliphatic carbocycles. The molecule has 0 amide bonds. The Hall–Kier alpha value is 4.84. The van der Waals surface area contributed by atoms with E-state index in [1.54, 1.807) is 94.1 Å². The summed E-state index contributed by atoms with van der Waals surface area (Å²) in [6, 6.07) is 0. The van der Waals surface area contributed by atoms with Crippen molar-refractivity contribution in [3.63, 3.8) is 0 Å². The van der Waals surface area contributed by atoms with Crippen molar-refractivity contribution >= 4 is 215 Å². The Morgan fingerprint density at radius 2 is 0.766 bits per heavy atom. The molecule has 6 nitrogen and oxygen atoms in total. The van der Waals surface area contributed by atoms with Crippen molar-refractivity contribution in [3.05, 3.63) is 0 Å². The molecule has 2 N–H and O–H groups in total. The van der Waals surface area contributed by atoms with Gasteiger partial charge in [0, 0.05) is 74.5 Å². The zero-order chi connectivity index (χ0) is 34.5. The van der Waals surface area contributed by atoms with Crippen LogP contribution in [0.15, 0.2) is 0 Å². The van der Waals surface area contributed by atoms with Crippen LogP contribution in [0.5, 0.6) is 0 Å². The molecule has 0 aromatic heterocycles. The van der Waals surface area contributed by atoms with E-state index >= 15 is 0 Å². The number of hydrogen-bond acceptors (Lipinski definition) is 22. The highest BCUT2D eigenvalue weighted by atomic mass is 32.3. The lowest BCUT2D eigenvalue weighted by molar-refractivity contribution is -0.109. The SMILES string of the molecule is O=C(CSCSCSCC[S+]([O-])CSCSCSCSC(=O)CSCSCSCC(=O)SCSCCSCO)SCSCCSCO. The summed E-state index contributed by atoms with van der Waals surface area (Å²) in [5.41, 5.74) is 0. The second-order valence-electron chi connectivity index (χ2n) is 7.74. The Bertz CT molecular complexity index is 734. The van der Waals surface area contributed by atoms with Gasteiger partial charge in [0.25, 0.3) is 0 Å². The molecule has 278 valence electrons. The standard InChI is InChI=1S/C24H44O6S17/c25-10-31-1-3-33-18-44-22(27)7-36-13-39-12-35-5-6-47(30)21-43-17-41-16-42-20-46-24(29)9-38-15-40-14-37-8-23(28)45-19-34-4-2-32-11-26/h25-26H,1-21H2. The van der Waals surface area contributed by atoms with E-state index in [9.17, 15) is 18.9 Å². The molecule has 0 aromatic carbocycles. The number of rotatable bonds is 37. The van der Waals surface area contributed by atoms with Gasteiger partial charge in [0.2, 0.25) is 0 Å². The van der Waals surface area contributed by atoms with Gasteiger partial charge in [-0.25, -0.2) is 0 Å². The normalized spacial score (nSPS) is 12.1. The van der Waals surface area contributed by atoms with Gasteiger partial charge in [-0.15, -0.1) is 141 Å². The highest BCUT2D eigenvalue weighted by molar-refractivity contribution is 8.31. The molecular formula is C24H44O6S17. The van der Waals surface area contributed by atoms with E-state index in [1.807, 2.05) is 35.3 Å². The number of thioether (sulfide) groups is 16. The smallest absolute Gasteiger partial charge is 0.199 e. The highest BCUT2D eigenvalue weighted by Crippen LogP contribution is 2.26. The molecule has 0 bridgehead atoms. The van der Waals surface area contributed by atoms with Crippen LogP contribution in [0, 0.1) is 0 Å². The quantitative estimate of drug-likeness (QED) is 0.0352. The predicted octanol–water partition coefficient (Wildman–Crippen LogP) is 8.52. The molecule has 0 aromatic rings. The number of carbonyl (C=O) groups is 3. The molecule has 47 heavy (non-hydrogen) atoms. The molecule has 1 unspecified atom stereocenters. The molecule has 0 heterocycles. The molecule has 0 saturated heterocycles. The zero-order valence-corrected chi connectivity index (χ0v) is 39.7. The molecule has 0 rings (SSSR count). The van der Waals surface area contributed by atoms with E-state index in [-0.39, 0.29) is 27.2 Å². The largest absolute Gasteiger partial charge is 0.616 e. The average molecular weight is 974 g/mol. The third-order valence-corrected chi connectivity index (χ3v) is 24.9. The molecule has 0 aliphatic heterocycles. The van der Waals surface area contributed by atoms with Crippen LogP contribution < -0.4 is 0 Å². The van der Waals surface area contributed by atoms with E-state index in [4.69, 9.17) is 10.2 Å². The minimum Gasteiger partial charge on any atom is -0.616 e. The van der Waals surface area contributed by atoms with E-state index in [0.29, 0.717) is 28.1 Å². The minimum atomic E-state index is -0.801. The van der Waals surface area contributed by atoms with E-state index < -0.39 is 11.2 Å². The van der Waals surface area contributed by atoms with Crippen molar-refractivity contribution in [1.29, 1.82) is 0 Å². The summed E-state index contributed by atoms with van der Waals surface area (Å²) >= 11 is 25.4. The Balaban J connectivity index is 3.35. The number of hydrogen-bond donors (Lipinski definition) is 2. The number of aliphatic hydroxyl groups excluding tert-OH is 2. The van der Waals surface area contributed by atoms with Gasteiger partial charge in [0.15, 0.2) is 20.4 Å². The van der Waals surface area contributed by atoms with Gasteiger partial charge >= 0.3 is 0 Å². The van der Waals surface area contributed by atoms with Gasteiger partial charge < -0.3 is 14.8 Å². The Kier molecular flexibility index (Phi) is 48.1. The average Bonchev–Trinajstić information content (AvgIpc) is 3.06. The third kappa shape index (κ3) is 43.4. The van der Waals surface area contributed by atoms with E-state index in [2.05, 4.69) is 0 Å². The predicted molar refractivity (Wildman–Crippen MR) is 251 cm³/mol. The highest BCUT2D eigenvalue weighted by Gasteiger charge is 2.08. The second-order valence-corrected chi connectivity index (χ2v) is 29.4. The Morgan fingerprint density at radius 1 is 0.426 bits per heavy atom. The van der Waals surface area contributed by atoms with E-state index in [0.717, 1.165) is 74.5 Å². The van der Waals surface area contributed by atoms with Gasteiger partial charge in [-0.05, 0) is 11.2 Å². The van der Waals surface area contributed by atoms with E-state index in [1.165, 1.54) is 58.8 Å². The lowest BCUT2D eigenvalue weighted by Crippen LogP contribution is -2.11. The summed E-state index contributed by atoms with van der Waals surface area (Å²) in [5.74, 6) is 7.23. The first-order valence-electron chi connectivity index (χ1n) is 13.5. The first kappa shape index (κ1) is 51.8. The van der Waals surface area contributed by atoms with Crippen molar-refractivity contribution in [3.8, 4) is 0 Å². The van der Waals surface area contributed by atoms with Gasteiger partial charge in [-0.2, -0.15) is 0 Å². The van der Waals surface area contributed by atoms with Crippen LogP contribution in [0.3, 0.4) is 0 Å². The second kappa shape index (κ2) is 43.6. The van der Waals surface area contributed by atoms with Crippen LogP contribution in [0.4, 0.5) is 0 Å². The molecule has 0 saturated carbocycles. The zero-order valence-electron chi connectivity index (χ0n) is 25.8. The van der Waals surface area contributed by atoms with Gasteiger partial charge in [0.05, 0.1) is 29.1 Å². The first-order chi connectivity index (χ1) is 23.0. The maximum Gasteiger partial charge on any atom is 0.199 e. The lowest BCUT2D eigenvalue weighted by Gasteiger charge is -2.10. The molecular weight excluding hydrogens is 929 g/mol. The topological polar surface area (TPSA) is 115 Å². The minimum absolute atomic E-state index is 0.154. The van der Waals surface area contributed by atoms with Crippen molar-refractivity contribution < 1.29 is 29.1 Å². The molecule has 1 atom stereocenters. The maximum atomic E-state index is 12.2. The third-order valence-electron chi connectivity index (χ3n) is 4.17. The summed E-state index contributed by atoms with van der Waals surface area (Å²) in [6.07, 6.45) is 0. The number of carbonyl (C=O) groups excluding carboxylic acids is 3. The van der Waals surface area contributed by atoms with Crippen molar-refractivity contribution in [2.45, 2.75) is 0 Å². The van der Waals surface area contributed by atoms with Crippen LogP contribution in [-0.4, -0.2) is 145 Å². The van der Waals surface area contributed by atoms with Crippen LogP contribution >= 0.6 is 188 Å². The fourth-order valence-corrected chi connectivity index (χ4v) is 21.3. The van der Waals surface area contributed by atoms with Crippen molar-refractivity contribution in [2.24, 2.45) is 0 Å². The molecule has 23 heteroatoms. The monoisotopic (exact) mass is 972 g/mol. The molecule has 0 radical (unpaired) electrons. The van der Waals surface area contributed by atoms with Crippen LogP contribution in [0.1, 0.15) is 0 Å². The fourth-order valence-electron chi connectivity index (χ4n) is 2.19. The Morgan fingerprint density at radius 3 is 1.23 bits per heavy atom. The van der Waals surface area contributed by atoms with Crippen molar-refractivity contribution in [2.75, 3.05) is 115 Å². The van der Waals surface area contributed by atoms with Crippen molar-refractivity contribution in [1.82, 2.24) is 0 Å². The van der Waals surface area contributed by atoms with Crippen LogP contribution in [-0.2, 0) is 25.6 Å². The van der Waals surface area contributed by atoms with Crippen LogP contribution in [0.2, 0.25) is 0 Å². The summed E-state index contributed by atoms with van der Waals surface area (Å²) in [7, 11) is 0. The molecule has 0 fully saturated rings. The molecule has 0 spiro atoms. The van der Waals surface area contributed by atoms with Gasteiger partial charge in [0.1, 0.15) is 5.75 Å². The lowest BCUT2D eigenvalue weighted by atomic mass is 10.9. The number of aliphatic hydroxyl groups is 2.